The van der Waals surface area contributed by atoms with Crippen molar-refractivity contribution in [3.05, 3.63) is 21.4 Å². The van der Waals surface area contributed by atoms with Gasteiger partial charge in [0.2, 0.25) is 0 Å². The molecule has 0 N–H and O–H groups in total. The van der Waals surface area contributed by atoms with Crippen LogP contribution in [0.4, 0.5) is 0 Å². The Morgan fingerprint density at radius 2 is 2.27 bits per heavy atom. The summed E-state index contributed by atoms with van der Waals surface area (Å²) in [5, 5.41) is 0. The van der Waals surface area contributed by atoms with Crippen molar-refractivity contribution < 1.29 is 0 Å². The predicted octanol–water partition coefficient (Wildman–Crippen LogP) is 2.78. The van der Waals surface area contributed by atoms with E-state index < -0.39 is 0 Å². The van der Waals surface area contributed by atoms with Crippen molar-refractivity contribution in [3.8, 4) is 0 Å². The molecule has 0 atom stereocenters. The Balaban J connectivity index is 2.95. The van der Waals surface area contributed by atoms with Gasteiger partial charge in [-0.15, -0.1) is 11.3 Å². The summed E-state index contributed by atoms with van der Waals surface area (Å²) in [7, 11) is 0. The fraction of sp³-hybridized carbons (Fsp3) is 0.286. The van der Waals surface area contributed by atoms with Gasteiger partial charge in [0.05, 0.1) is 6.20 Å². The van der Waals surface area contributed by atoms with Crippen LogP contribution in [0.3, 0.4) is 0 Å². The van der Waals surface area contributed by atoms with E-state index in [1.807, 2.05) is 6.20 Å². The Labute approximate surface area is 77.0 Å². The summed E-state index contributed by atoms with van der Waals surface area (Å²) >= 11 is 5.16. The highest BCUT2D eigenvalue weighted by molar-refractivity contribution is 9.10. The molecule has 0 aliphatic carbocycles. The first-order valence-corrected chi connectivity index (χ1v) is 4.90. The summed E-state index contributed by atoms with van der Waals surface area (Å²) in [6.07, 6.45) is 1.83. The van der Waals surface area contributed by atoms with E-state index in [1.54, 1.807) is 11.3 Å². The van der Waals surface area contributed by atoms with E-state index in [4.69, 9.17) is 0 Å². The fourth-order valence-electron chi connectivity index (χ4n) is 1.06. The highest BCUT2D eigenvalue weighted by atomic mass is 79.9. The number of aromatic nitrogens is 2. The minimum absolute atomic E-state index is 1.04. The molecule has 0 aliphatic heterocycles. The second kappa shape index (κ2) is 2.32. The number of halogens is 1. The molecule has 2 nitrogen and oxygen atoms in total. The molecular formula is C7H7BrN2S. The van der Waals surface area contributed by atoms with E-state index in [1.165, 1.54) is 10.6 Å². The summed E-state index contributed by atoms with van der Waals surface area (Å²) in [6, 6.07) is 0. The van der Waals surface area contributed by atoms with E-state index >= 15 is 0 Å². The van der Waals surface area contributed by atoms with Crippen LogP contribution in [0.1, 0.15) is 10.6 Å². The van der Waals surface area contributed by atoms with Crippen molar-refractivity contribution in [1.82, 2.24) is 9.38 Å². The maximum Gasteiger partial charge on any atom is 0.194 e. The summed E-state index contributed by atoms with van der Waals surface area (Å²) < 4.78 is 3.15. The average molecular weight is 231 g/mol. The smallest absolute Gasteiger partial charge is 0.194 e. The first kappa shape index (κ1) is 7.31. The molecule has 0 spiro atoms. The van der Waals surface area contributed by atoms with Gasteiger partial charge in [0.15, 0.2) is 4.96 Å². The number of imidazole rings is 1. The third kappa shape index (κ3) is 0.929. The molecule has 0 bridgehead atoms. The minimum atomic E-state index is 1.04. The zero-order valence-electron chi connectivity index (χ0n) is 6.26. The third-order valence-electron chi connectivity index (χ3n) is 1.78. The van der Waals surface area contributed by atoms with Gasteiger partial charge in [-0.25, -0.2) is 4.98 Å². The van der Waals surface area contributed by atoms with Crippen LogP contribution in [0, 0.1) is 13.8 Å². The zero-order chi connectivity index (χ0) is 8.01. The standard InChI is InChI=1S/C7H7BrN2S/c1-4-5(2)11-7-9-3-6(8)10(4)7/h3H,1-2H3. The Bertz CT molecular complexity index is 402. The third-order valence-corrected chi connectivity index (χ3v) is 3.41. The fourth-order valence-corrected chi connectivity index (χ4v) is 2.66. The van der Waals surface area contributed by atoms with Gasteiger partial charge in [0.25, 0.3) is 0 Å². The van der Waals surface area contributed by atoms with Crippen LogP contribution >= 0.6 is 27.3 Å². The van der Waals surface area contributed by atoms with Crippen molar-refractivity contribution in [1.29, 1.82) is 0 Å². The number of thiazole rings is 1. The molecule has 0 saturated carbocycles. The molecule has 4 heteroatoms. The lowest BCUT2D eigenvalue weighted by molar-refractivity contribution is 1.08. The topological polar surface area (TPSA) is 17.3 Å². The molecular weight excluding hydrogens is 224 g/mol. The lowest BCUT2D eigenvalue weighted by atomic mass is 10.4. The van der Waals surface area contributed by atoms with E-state index in [9.17, 15) is 0 Å². The second-order valence-corrected chi connectivity index (χ2v) is 4.44. The van der Waals surface area contributed by atoms with Gasteiger partial charge in [-0.2, -0.15) is 0 Å². The van der Waals surface area contributed by atoms with Crippen LogP contribution in [0.15, 0.2) is 10.8 Å². The maximum atomic E-state index is 4.23. The quantitative estimate of drug-likeness (QED) is 0.681. The molecule has 0 aromatic carbocycles. The minimum Gasteiger partial charge on any atom is -0.282 e. The van der Waals surface area contributed by atoms with Gasteiger partial charge in [0, 0.05) is 10.6 Å². The lowest BCUT2D eigenvalue weighted by Gasteiger charge is -1.91. The number of aryl methyl sites for hydroxylation is 2. The first-order chi connectivity index (χ1) is 5.20. The van der Waals surface area contributed by atoms with Gasteiger partial charge in [-0.3, -0.25) is 4.40 Å². The lowest BCUT2D eigenvalue weighted by Crippen LogP contribution is -1.83. The van der Waals surface area contributed by atoms with Crippen molar-refractivity contribution in [2.75, 3.05) is 0 Å². The summed E-state index contributed by atoms with van der Waals surface area (Å²) in [6.45, 7) is 4.21. The first-order valence-electron chi connectivity index (χ1n) is 3.29. The zero-order valence-corrected chi connectivity index (χ0v) is 8.66. The van der Waals surface area contributed by atoms with Gasteiger partial charge < -0.3 is 0 Å². The van der Waals surface area contributed by atoms with E-state index in [-0.39, 0.29) is 0 Å². The Hall–Kier alpha value is -0.350. The molecule has 0 aliphatic rings. The predicted molar refractivity (Wildman–Crippen MR) is 50.2 cm³/mol. The Kier molecular flexibility index (Phi) is 1.54. The van der Waals surface area contributed by atoms with Crippen LogP contribution in [-0.4, -0.2) is 9.38 Å². The highest BCUT2D eigenvalue weighted by Crippen LogP contribution is 2.24. The average Bonchev–Trinajstić information content (AvgIpc) is 2.41. The number of nitrogens with zero attached hydrogens (tertiary/aromatic N) is 2. The Morgan fingerprint density at radius 1 is 1.55 bits per heavy atom. The molecule has 0 radical (unpaired) electrons. The van der Waals surface area contributed by atoms with Gasteiger partial charge in [-0.05, 0) is 29.8 Å². The summed E-state index contributed by atoms with van der Waals surface area (Å²) in [5.74, 6) is 0. The number of hydrogen-bond donors (Lipinski definition) is 0. The molecule has 2 aromatic heterocycles. The van der Waals surface area contributed by atoms with Crippen molar-refractivity contribution in [2.24, 2.45) is 0 Å². The number of hydrogen-bond acceptors (Lipinski definition) is 2. The monoisotopic (exact) mass is 230 g/mol. The molecule has 0 unspecified atom stereocenters. The van der Waals surface area contributed by atoms with E-state index in [2.05, 4.69) is 39.2 Å². The molecule has 0 amide bonds. The highest BCUT2D eigenvalue weighted by Gasteiger charge is 2.07. The van der Waals surface area contributed by atoms with Crippen molar-refractivity contribution >= 4 is 32.2 Å². The maximum absolute atomic E-state index is 4.23. The number of fused-ring (bicyclic) bond motifs is 1. The van der Waals surface area contributed by atoms with Crippen LogP contribution in [0.5, 0.6) is 0 Å². The normalized spacial score (nSPS) is 11.2. The SMILES string of the molecule is Cc1sc2ncc(Br)n2c1C. The van der Waals surface area contributed by atoms with E-state index in [0.29, 0.717) is 0 Å². The van der Waals surface area contributed by atoms with Crippen LogP contribution < -0.4 is 0 Å². The van der Waals surface area contributed by atoms with Crippen LogP contribution in [-0.2, 0) is 0 Å². The molecule has 0 saturated heterocycles. The second-order valence-electron chi connectivity index (χ2n) is 2.44. The van der Waals surface area contributed by atoms with Crippen molar-refractivity contribution in [3.63, 3.8) is 0 Å². The summed E-state index contributed by atoms with van der Waals surface area (Å²) in [5.41, 5.74) is 1.27. The van der Waals surface area contributed by atoms with Crippen LogP contribution in [0.25, 0.3) is 4.96 Å². The van der Waals surface area contributed by atoms with Crippen molar-refractivity contribution in [2.45, 2.75) is 13.8 Å². The molecule has 58 valence electrons. The molecule has 2 aromatic rings. The molecule has 0 fully saturated rings. The van der Waals surface area contributed by atoms with E-state index in [0.717, 1.165) is 9.56 Å². The van der Waals surface area contributed by atoms with Gasteiger partial charge in [0.1, 0.15) is 4.60 Å². The largest absolute Gasteiger partial charge is 0.282 e. The molecule has 11 heavy (non-hydrogen) atoms. The molecule has 2 heterocycles. The summed E-state index contributed by atoms with van der Waals surface area (Å²) in [4.78, 5) is 6.62. The Morgan fingerprint density at radius 3 is 2.91 bits per heavy atom. The van der Waals surface area contributed by atoms with Crippen LogP contribution in [0.2, 0.25) is 0 Å². The van der Waals surface area contributed by atoms with Gasteiger partial charge >= 0.3 is 0 Å². The van der Waals surface area contributed by atoms with Gasteiger partial charge in [-0.1, -0.05) is 0 Å². The number of rotatable bonds is 0. The molecule has 2 rings (SSSR count).